The Morgan fingerprint density at radius 2 is 1.57 bits per heavy atom. The topological polar surface area (TPSA) is 46.5 Å². The first kappa shape index (κ1) is 15.3. The zero-order valence-corrected chi connectivity index (χ0v) is 12.5. The van der Waals surface area contributed by atoms with Crippen LogP contribution in [0.2, 0.25) is 0 Å². The summed E-state index contributed by atoms with van der Waals surface area (Å²) in [5.74, 6) is -0.482. The maximum atomic E-state index is 12.2. The van der Waals surface area contributed by atoms with E-state index in [9.17, 15) is 9.90 Å². The summed E-state index contributed by atoms with van der Waals surface area (Å²) in [5.41, 5.74) is 2.53. The third-order valence-electron chi connectivity index (χ3n) is 3.60. The Bertz CT molecular complexity index is 599. The van der Waals surface area contributed by atoms with Crippen molar-refractivity contribution in [3.8, 4) is 5.75 Å². The van der Waals surface area contributed by atoms with Crippen LogP contribution in [0.4, 0.5) is 0 Å². The van der Waals surface area contributed by atoms with Crippen molar-refractivity contribution in [2.75, 3.05) is 0 Å². The van der Waals surface area contributed by atoms with Crippen molar-refractivity contribution in [3.63, 3.8) is 0 Å². The van der Waals surface area contributed by atoms with Gasteiger partial charge in [0.15, 0.2) is 0 Å². The Morgan fingerprint density at radius 3 is 2.14 bits per heavy atom. The predicted molar refractivity (Wildman–Crippen MR) is 82.1 cm³/mol. The van der Waals surface area contributed by atoms with Crippen LogP contribution in [0, 0.1) is 19.8 Å². The Kier molecular flexibility index (Phi) is 4.76. The minimum Gasteiger partial charge on any atom is -0.426 e. The summed E-state index contributed by atoms with van der Waals surface area (Å²) in [6, 6.07) is 14.9. The lowest BCUT2D eigenvalue weighted by Crippen LogP contribution is -2.24. The second-order valence-electron chi connectivity index (χ2n) is 5.29. The summed E-state index contributed by atoms with van der Waals surface area (Å²) in [4.78, 5) is 12.2. The Labute approximate surface area is 125 Å². The number of carbonyl (C=O) groups excluding carboxylic acids is 1. The molecule has 0 saturated carbocycles. The zero-order chi connectivity index (χ0) is 15.4. The van der Waals surface area contributed by atoms with E-state index in [0.29, 0.717) is 11.3 Å². The zero-order valence-electron chi connectivity index (χ0n) is 12.5. The van der Waals surface area contributed by atoms with E-state index in [1.165, 1.54) is 0 Å². The normalized spacial score (nSPS) is 13.5. The Balaban J connectivity index is 2.13. The van der Waals surface area contributed by atoms with E-state index in [1.54, 1.807) is 19.1 Å². The molecule has 3 nitrogen and oxygen atoms in total. The highest BCUT2D eigenvalue weighted by Crippen LogP contribution is 2.27. The first-order valence-corrected chi connectivity index (χ1v) is 7.01. The molecule has 0 bridgehead atoms. The van der Waals surface area contributed by atoms with Crippen molar-refractivity contribution in [2.24, 2.45) is 5.92 Å². The van der Waals surface area contributed by atoms with Crippen LogP contribution >= 0.6 is 0 Å². The van der Waals surface area contributed by atoms with Crippen LogP contribution in [-0.4, -0.2) is 11.1 Å². The van der Waals surface area contributed by atoms with Gasteiger partial charge in [0.25, 0.3) is 0 Å². The molecule has 0 radical (unpaired) electrons. The second kappa shape index (κ2) is 6.55. The third kappa shape index (κ3) is 3.50. The van der Waals surface area contributed by atoms with Crippen LogP contribution in [-0.2, 0) is 4.79 Å². The summed E-state index contributed by atoms with van der Waals surface area (Å²) >= 11 is 0. The number of rotatable bonds is 4. The number of carbonyl (C=O) groups is 1. The van der Waals surface area contributed by atoms with Gasteiger partial charge in [-0.25, -0.2) is 0 Å². The van der Waals surface area contributed by atoms with Gasteiger partial charge in [-0.15, -0.1) is 0 Å². The molecular formula is C18H20O3. The second-order valence-corrected chi connectivity index (χ2v) is 5.29. The molecule has 0 heterocycles. The molecule has 0 aliphatic heterocycles. The van der Waals surface area contributed by atoms with Crippen LogP contribution in [0.15, 0.2) is 48.5 Å². The van der Waals surface area contributed by atoms with E-state index in [1.807, 2.05) is 50.2 Å². The number of aliphatic hydroxyl groups is 1. The van der Waals surface area contributed by atoms with E-state index in [2.05, 4.69) is 0 Å². The molecule has 1 N–H and O–H groups in total. The highest BCUT2D eigenvalue weighted by Gasteiger charge is 2.26. The number of hydrogen-bond donors (Lipinski definition) is 1. The molecule has 0 fully saturated rings. The average molecular weight is 284 g/mol. The third-order valence-corrected chi connectivity index (χ3v) is 3.60. The fourth-order valence-corrected chi connectivity index (χ4v) is 2.22. The maximum absolute atomic E-state index is 12.2. The molecule has 0 saturated heterocycles. The molecule has 110 valence electrons. The molecule has 0 spiro atoms. The number of ether oxygens (including phenoxy) is 1. The molecule has 0 aliphatic carbocycles. The lowest BCUT2D eigenvalue weighted by molar-refractivity contribution is -0.142. The largest absolute Gasteiger partial charge is 0.426 e. The predicted octanol–water partition coefficient (Wildman–Crippen LogP) is 3.58. The van der Waals surface area contributed by atoms with Crippen molar-refractivity contribution in [3.05, 3.63) is 65.2 Å². The molecule has 0 unspecified atom stereocenters. The molecule has 0 aliphatic rings. The summed E-state index contributed by atoms with van der Waals surface area (Å²) in [7, 11) is 0. The lowest BCUT2D eigenvalue weighted by Gasteiger charge is -2.19. The van der Waals surface area contributed by atoms with E-state index < -0.39 is 18.0 Å². The number of aliphatic hydroxyl groups excluding tert-OH is 1. The summed E-state index contributed by atoms with van der Waals surface area (Å²) in [5, 5.41) is 10.3. The number of esters is 1. The number of hydrogen-bond acceptors (Lipinski definition) is 3. The smallest absolute Gasteiger partial charge is 0.317 e. The molecular weight excluding hydrogens is 264 g/mol. The van der Waals surface area contributed by atoms with Crippen LogP contribution < -0.4 is 4.74 Å². The van der Waals surface area contributed by atoms with Gasteiger partial charge in [-0.3, -0.25) is 4.79 Å². The minimum atomic E-state index is -0.872. The maximum Gasteiger partial charge on any atom is 0.317 e. The molecule has 2 aromatic rings. The van der Waals surface area contributed by atoms with Gasteiger partial charge in [0, 0.05) is 0 Å². The van der Waals surface area contributed by atoms with E-state index in [4.69, 9.17) is 4.74 Å². The lowest BCUT2D eigenvalue weighted by atomic mass is 9.97. The monoisotopic (exact) mass is 284 g/mol. The standard InChI is InChI=1S/C18H20O3/c1-12-8-7-9-13(2)17(12)21-18(20)14(3)16(19)15-10-5-4-6-11-15/h4-11,14,16,19H,1-3H3/t14-,16+/m0/s1. The van der Waals surface area contributed by atoms with Crippen LogP contribution in [0.3, 0.4) is 0 Å². The highest BCUT2D eigenvalue weighted by atomic mass is 16.5. The van der Waals surface area contributed by atoms with Crippen LogP contribution in [0.25, 0.3) is 0 Å². The van der Waals surface area contributed by atoms with Crippen molar-refractivity contribution < 1.29 is 14.6 Å². The van der Waals surface area contributed by atoms with Gasteiger partial charge < -0.3 is 9.84 Å². The molecule has 21 heavy (non-hydrogen) atoms. The quantitative estimate of drug-likeness (QED) is 0.689. The van der Waals surface area contributed by atoms with E-state index in [0.717, 1.165) is 11.1 Å². The van der Waals surface area contributed by atoms with Crippen LogP contribution in [0.1, 0.15) is 29.7 Å². The Morgan fingerprint density at radius 1 is 1.00 bits per heavy atom. The van der Waals surface area contributed by atoms with Gasteiger partial charge in [0.1, 0.15) is 5.75 Å². The van der Waals surface area contributed by atoms with Crippen molar-refractivity contribution in [1.82, 2.24) is 0 Å². The first-order chi connectivity index (χ1) is 10.0. The van der Waals surface area contributed by atoms with Gasteiger partial charge in [-0.1, -0.05) is 48.5 Å². The summed E-state index contributed by atoms with van der Waals surface area (Å²) in [6.45, 7) is 5.47. The number of para-hydroxylation sites is 1. The van der Waals surface area contributed by atoms with E-state index >= 15 is 0 Å². The van der Waals surface area contributed by atoms with Gasteiger partial charge in [0.05, 0.1) is 12.0 Å². The number of aryl methyl sites for hydroxylation is 2. The Hall–Kier alpha value is -2.13. The fraction of sp³-hybridized carbons (Fsp3) is 0.278. The molecule has 2 rings (SSSR count). The first-order valence-electron chi connectivity index (χ1n) is 7.01. The van der Waals surface area contributed by atoms with Gasteiger partial charge in [-0.05, 0) is 37.5 Å². The van der Waals surface area contributed by atoms with Gasteiger partial charge in [-0.2, -0.15) is 0 Å². The molecule has 2 aromatic carbocycles. The van der Waals surface area contributed by atoms with Crippen molar-refractivity contribution >= 4 is 5.97 Å². The summed E-state index contributed by atoms with van der Waals surface area (Å²) in [6.07, 6.45) is -0.872. The van der Waals surface area contributed by atoms with Crippen molar-refractivity contribution in [1.29, 1.82) is 0 Å². The van der Waals surface area contributed by atoms with Crippen molar-refractivity contribution in [2.45, 2.75) is 26.9 Å². The minimum absolute atomic E-state index is 0.427. The SMILES string of the molecule is Cc1cccc(C)c1OC(=O)[C@@H](C)[C@@H](O)c1ccccc1. The highest BCUT2D eigenvalue weighted by molar-refractivity contribution is 5.76. The van der Waals surface area contributed by atoms with Crippen LogP contribution in [0.5, 0.6) is 5.75 Å². The summed E-state index contributed by atoms with van der Waals surface area (Å²) < 4.78 is 5.48. The van der Waals surface area contributed by atoms with Gasteiger partial charge in [0.2, 0.25) is 0 Å². The number of benzene rings is 2. The average Bonchev–Trinajstić information content (AvgIpc) is 2.50. The molecule has 0 amide bonds. The molecule has 2 atom stereocenters. The van der Waals surface area contributed by atoms with Gasteiger partial charge >= 0.3 is 5.97 Å². The van der Waals surface area contributed by atoms with E-state index in [-0.39, 0.29) is 0 Å². The fourth-order valence-electron chi connectivity index (χ4n) is 2.22. The molecule has 3 heteroatoms. The molecule has 0 aromatic heterocycles.